The second kappa shape index (κ2) is 6.04. The second-order valence-electron chi connectivity index (χ2n) is 4.45. The summed E-state index contributed by atoms with van der Waals surface area (Å²) in [6, 6.07) is 11.6. The van der Waals surface area contributed by atoms with E-state index in [1.807, 2.05) is 31.2 Å². The lowest BCUT2D eigenvalue weighted by Gasteiger charge is -2.18. The van der Waals surface area contributed by atoms with E-state index in [-0.39, 0.29) is 6.61 Å². The highest BCUT2D eigenvalue weighted by Crippen LogP contribution is 2.23. The van der Waals surface area contributed by atoms with Crippen LogP contribution in [0.2, 0.25) is 5.02 Å². The van der Waals surface area contributed by atoms with Crippen LogP contribution in [0.25, 0.3) is 0 Å². The van der Waals surface area contributed by atoms with Crippen molar-refractivity contribution < 1.29 is 9.50 Å². The molecule has 0 fully saturated rings. The zero-order valence-corrected chi connectivity index (χ0v) is 11.3. The first-order valence-electron chi connectivity index (χ1n) is 5.98. The maximum absolute atomic E-state index is 13.3. The van der Waals surface area contributed by atoms with E-state index in [2.05, 4.69) is 5.32 Å². The first-order valence-corrected chi connectivity index (χ1v) is 6.36. The quantitative estimate of drug-likeness (QED) is 0.889. The van der Waals surface area contributed by atoms with Gasteiger partial charge in [0, 0.05) is 10.7 Å². The van der Waals surface area contributed by atoms with Crippen LogP contribution in [0.5, 0.6) is 0 Å². The molecule has 0 bridgehead atoms. The van der Waals surface area contributed by atoms with Crippen LogP contribution >= 0.6 is 11.6 Å². The van der Waals surface area contributed by atoms with Crippen LogP contribution in [0, 0.1) is 12.7 Å². The molecular weight excluding hydrogens is 265 g/mol. The number of hydrogen-bond donors (Lipinski definition) is 2. The molecule has 1 atom stereocenters. The van der Waals surface area contributed by atoms with Crippen LogP contribution < -0.4 is 5.32 Å². The van der Waals surface area contributed by atoms with E-state index in [4.69, 9.17) is 11.6 Å². The average molecular weight is 280 g/mol. The van der Waals surface area contributed by atoms with Crippen molar-refractivity contribution in [2.24, 2.45) is 0 Å². The molecule has 2 N–H and O–H groups in total. The Balaban J connectivity index is 2.24. The van der Waals surface area contributed by atoms with Gasteiger partial charge in [0.1, 0.15) is 5.82 Å². The molecule has 0 aliphatic carbocycles. The Morgan fingerprint density at radius 2 is 2.05 bits per heavy atom. The fourth-order valence-corrected chi connectivity index (χ4v) is 2.18. The third-order valence-corrected chi connectivity index (χ3v) is 3.05. The molecule has 0 spiro atoms. The largest absolute Gasteiger partial charge is 0.394 e. The van der Waals surface area contributed by atoms with Crippen molar-refractivity contribution >= 4 is 17.3 Å². The molecule has 19 heavy (non-hydrogen) atoms. The Bertz CT molecular complexity index is 554. The Morgan fingerprint density at radius 1 is 1.26 bits per heavy atom. The van der Waals surface area contributed by atoms with Crippen molar-refractivity contribution in [2.45, 2.75) is 13.0 Å². The number of nitrogens with one attached hydrogen (secondary N) is 1. The van der Waals surface area contributed by atoms with Crippen molar-refractivity contribution in [1.29, 1.82) is 0 Å². The molecule has 0 aromatic heterocycles. The number of aliphatic hydroxyl groups is 1. The lowest BCUT2D eigenvalue weighted by molar-refractivity contribution is 0.276. The Morgan fingerprint density at radius 3 is 2.68 bits per heavy atom. The van der Waals surface area contributed by atoms with Gasteiger partial charge in [-0.1, -0.05) is 23.7 Å². The molecule has 2 rings (SSSR count). The zero-order valence-electron chi connectivity index (χ0n) is 10.5. The number of hydrogen-bond acceptors (Lipinski definition) is 2. The molecule has 0 heterocycles. The summed E-state index contributed by atoms with van der Waals surface area (Å²) in [7, 11) is 0. The Kier molecular flexibility index (Phi) is 4.40. The summed E-state index contributed by atoms with van der Waals surface area (Å²) in [6.45, 7) is 1.84. The smallest absolute Gasteiger partial charge is 0.125 e. The summed E-state index contributed by atoms with van der Waals surface area (Å²) in [4.78, 5) is 0. The van der Waals surface area contributed by atoms with Crippen LogP contribution in [0.3, 0.4) is 0 Å². The molecule has 4 heteroatoms. The van der Waals surface area contributed by atoms with Gasteiger partial charge in [-0.2, -0.15) is 0 Å². The molecule has 0 saturated heterocycles. The third kappa shape index (κ3) is 3.69. The van der Waals surface area contributed by atoms with Gasteiger partial charge in [0.05, 0.1) is 12.6 Å². The highest BCUT2D eigenvalue weighted by Gasteiger charge is 2.12. The predicted molar refractivity (Wildman–Crippen MR) is 76.0 cm³/mol. The normalized spacial score (nSPS) is 12.2. The number of halogens is 2. The lowest BCUT2D eigenvalue weighted by Crippen LogP contribution is -2.15. The minimum atomic E-state index is -0.410. The van der Waals surface area contributed by atoms with Crippen molar-refractivity contribution in [3.63, 3.8) is 0 Å². The number of aryl methyl sites for hydroxylation is 1. The van der Waals surface area contributed by atoms with Gasteiger partial charge in [0.2, 0.25) is 0 Å². The molecule has 100 valence electrons. The van der Waals surface area contributed by atoms with Gasteiger partial charge in [0.25, 0.3) is 0 Å². The van der Waals surface area contributed by atoms with Gasteiger partial charge in [-0.05, 0) is 48.4 Å². The molecule has 0 amide bonds. The van der Waals surface area contributed by atoms with Crippen LogP contribution in [0.15, 0.2) is 42.5 Å². The van der Waals surface area contributed by atoms with E-state index in [1.54, 1.807) is 6.07 Å². The Labute approximate surface area is 116 Å². The van der Waals surface area contributed by atoms with Crippen LogP contribution in [0.1, 0.15) is 17.2 Å². The Hall–Kier alpha value is -1.58. The van der Waals surface area contributed by atoms with Crippen LogP contribution in [-0.4, -0.2) is 11.7 Å². The van der Waals surface area contributed by atoms with Crippen molar-refractivity contribution in [1.82, 2.24) is 0 Å². The standard InChI is InChI=1S/C15H15ClFNO/c1-10-3-2-4-14(5-10)18-15(9-19)11-6-12(16)8-13(17)7-11/h2-8,15,18-19H,9H2,1H3. The SMILES string of the molecule is Cc1cccc(NC(CO)c2cc(F)cc(Cl)c2)c1. The van der Waals surface area contributed by atoms with E-state index in [1.165, 1.54) is 12.1 Å². The summed E-state index contributed by atoms with van der Waals surface area (Å²) in [5.41, 5.74) is 2.60. The number of benzene rings is 2. The van der Waals surface area contributed by atoms with E-state index in [0.717, 1.165) is 11.3 Å². The topological polar surface area (TPSA) is 32.3 Å². The summed E-state index contributed by atoms with van der Waals surface area (Å²) >= 11 is 5.83. The fourth-order valence-electron chi connectivity index (χ4n) is 1.95. The number of rotatable bonds is 4. The maximum atomic E-state index is 13.3. The first kappa shape index (κ1) is 13.8. The minimum absolute atomic E-state index is 0.145. The summed E-state index contributed by atoms with van der Waals surface area (Å²) in [5, 5.41) is 12.9. The van der Waals surface area contributed by atoms with Crippen molar-refractivity contribution in [3.05, 3.63) is 64.4 Å². The number of anilines is 1. The van der Waals surface area contributed by atoms with Crippen molar-refractivity contribution in [3.8, 4) is 0 Å². The molecule has 1 unspecified atom stereocenters. The molecule has 2 aromatic carbocycles. The summed E-state index contributed by atoms with van der Waals surface area (Å²) < 4.78 is 13.3. The van der Waals surface area contributed by atoms with Gasteiger partial charge in [-0.25, -0.2) is 4.39 Å². The molecule has 0 saturated carbocycles. The molecule has 0 aliphatic rings. The molecule has 2 nitrogen and oxygen atoms in total. The number of aliphatic hydroxyl groups excluding tert-OH is 1. The average Bonchev–Trinajstić information content (AvgIpc) is 2.34. The summed E-state index contributed by atoms with van der Waals surface area (Å²) in [5.74, 6) is -0.410. The predicted octanol–water partition coefficient (Wildman–Crippen LogP) is 3.93. The molecule has 0 aliphatic heterocycles. The fraction of sp³-hybridized carbons (Fsp3) is 0.200. The van der Waals surface area contributed by atoms with Gasteiger partial charge < -0.3 is 10.4 Å². The maximum Gasteiger partial charge on any atom is 0.125 e. The first-order chi connectivity index (χ1) is 9.08. The molecule has 0 radical (unpaired) electrons. The highest BCUT2D eigenvalue weighted by atomic mass is 35.5. The van der Waals surface area contributed by atoms with Gasteiger partial charge in [-0.3, -0.25) is 0 Å². The van der Waals surface area contributed by atoms with E-state index in [0.29, 0.717) is 10.6 Å². The third-order valence-electron chi connectivity index (χ3n) is 2.83. The van der Waals surface area contributed by atoms with E-state index >= 15 is 0 Å². The van der Waals surface area contributed by atoms with Crippen LogP contribution in [0.4, 0.5) is 10.1 Å². The zero-order chi connectivity index (χ0) is 13.8. The summed E-state index contributed by atoms with van der Waals surface area (Å²) in [6.07, 6.45) is 0. The lowest BCUT2D eigenvalue weighted by atomic mass is 10.1. The molecular formula is C15H15ClFNO. The van der Waals surface area contributed by atoms with E-state index < -0.39 is 11.9 Å². The van der Waals surface area contributed by atoms with Gasteiger partial charge >= 0.3 is 0 Å². The van der Waals surface area contributed by atoms with Crippen molar-refractivity contribution in [2.75, 3.05) is 11.9 Å². The van der Waals surface area contributed by atoms with Gasteiger partial charge in [-0.15, -0.1) is 0 Å². The second-order valence-corrected chi connectivity index (χ2v) is 4.89. The van der Waals surface area contributed by atoms with Crippen LogP contribution in [-0.2, 0) is 0 Å². The highest BCUT2D eigenvalue weighted by molar-refractivity contribution is 6.30. The molecule has 2 aromatic rings. The van der Waals surface area contributed by atoms with E-state index in [9.17, 15) is 9.50 Å². The van der Waals surface area contributed by atoms with Gasteiger partial charge in [0.15, 0.2) is 0 Å². The monoisotopic (exact) mass is 279 g/mol. The minimum Gasteiger partial charge on any atom is -0.394 e.